The Morgan fingerprint density at radius 3 is 2.35 bits per heavy atom. The van der Waals surface area contributed by atoms with Crippen LogP contribution in [0.3, 0.4) is 0 Å². The molecule has 17 heavy (non-hydrogen) atoms. The van der Waals surface area contributed by atoms with E-state index in [2.05, 4.69) is 4.74 Å². The fourth-order valence-corrected chi connectivity index (χ4v) is 1.61. The summed E-state index contributed by atoms with van der Waals surface area (Å²) >= 11 is 0. The number of methoxy groups -OCH3 is 1. The van der Waals surface area contributed by atoms with Crippen LogP contribution in [0.4, 0.5) is 9.18 Å². The molecule has 0 aromatic rings. The molecule has 1 saturated heterocycles. The minimum absolute atomic E-state index is 0.00273. The van der Waals surface area contributed by atoms with Crippen LogP contribution in [-0.4, -0.2) is 48.9 Å². The predicted octanol–water partition coefficient (Wildman–Crippen LogP) is 1.36. The Morgan fingerprint density at radius 1 is 1.29 bits per heavy atom. The van der Waals surface area contributed by atoms with E-state index in [1.807, 2.05) is 0 Å². The summed E-state index contributed by atoms with van der Waals surface area (Å²) < 4.78 is 23.1. The van der Waals surface area contributed by atoms with E-state index in [4.69, 9.17) is 4.74 Å². The molecule has 5 nitrogen and oxygen atoms in total. The van der Waals surface area contributed by atoms with Gasteiger partial charge >= 0.3 is 12.1 Å². The fraction of sp³-hybridized carbons (Fsp3) is 0.818. The Bertz CT molecular complexity index is 313. The lowest BCUT2D eigenvalue weighted by Gasteiger charge is -2.24. The normalized spacial score (nSPS) is 24.6. The molecule has 1 fully saturated rings. The highest BCUT2D eigenvalue weighted by molar-refractivity contribution is 5.76. The average molecular weight is 247 g/mol. The van der Waals surface area contributed by atoms with Crippen LogP contribution >= 0.6 is 0 Å². The highest BCUT2D eigenvalue weighted by Gasteiger charge is 2.41. The van der Waals surface area contributed by atoms with Crippen molar-refractivity contribution in [3.05, 3.63) is 0 Å². The van der Waals surface area contributed by atoms with E-state index in [0.717, 1.165) is 0 Å². The van der Waals surface area contributed by atoms with Crippen LogP contribution in [-0.2, 0) is 14.3 Å². The van der Waals surface area contributed by atoms with Crippen LogP contribution in [0.1, 0.15) is 20.8 Å². The number of hydrogen-bond donors (Lipinski definition) is 0. The molecule has 0 aliphatic carbocycles. The van der Waals surface area contributed by atoms with Crippen molar-refractivity contribution in [1.82, 2.24) is 4.90 Å². The molecule has 6 heteroatoms. The van der Waals surface area contributed by atoms with E-state index in [9.17, 15) is 14.0 Å². The van der Waals surface area contributed by atoms with Crippen molar-refractivity contribution in [1.29, 1.82) is 0 Å². The quantitative estimate of drug-likeness (QED) is 0.657. The first kappa shape index (κ1) is 13.7. The number of carbonyl (C=O) groups excluding carboxylic acids is 2. The van der Waals surface area contributed by atoms with E-state index < -0.39 is 29.8 Å². The fourth-order valence-electron chi connectivity index (χ4n) is 1.61. The van der Waals surface area contributed by atoms with Gasteiger partial charge in [0.2, 0.25) is 0 Å². The van der Waals surface area contributed by atoms with Gasteiger partial charge in [0.15, 0.2) is 0 Å². The molecule has 1 amide bonds. The summed E-state index contributed by atoms with van der Waals surface area (Å²) in [6.45, 7) is 5.06. The second-order valence-corrected chi connectivity index (χ2v) is 5.03. The number of hydrogen-bond acceptors (Lipinski definition) is 4. The summed E-state index contributed by atoms with van der Waals surface area (Å²) in [7, 11) is 1.20. The molecule has 1 heterocycles. The van der Waals surface area contributed by atoms with E-state index in [0.29, 0.717) is 0 Å². The molecule has 0 saturated carbocycles. The van der Waals surface area contributed by atoms with Gasteiger partial charge in [-0.2, -0.15) is 0 Å². The Balaban J connectivity index is 2.60. The number of likely N-dealkylation sites (tertiary alicyclic amines) is 1. The second-order valence-electron chi connectivity index (χ2n) is 5.03. The average Bonchev–Trinajstić information content (AvgIpc) is 2.57. The van der Waals surface area contributed by atoms with Gasteiger partial charge in [-0.15, -0.1) is 0 Å². The number of amides is 1. The minimum Gasteiger partial charge on any atom is -0.469 e. The zero-order valence-electron chi connectivity index (χ0n) is 10.5. The Morgan fingerprint density at radius 2 is 1.88 bits per heavy atom. The van der Waals surface area contributed by atoms with Gasteiger partial charge in [-0.3, -0.25) is 4.79 Å². The molecule has 98 valence electrons. The molecule has 0 bridgehead atoms. The first-order valence-electron chi connectivity index (χ1n) is 5.44. The number of carbonyl (C=O) groups is 2. The van der Waals surface area contributed by atoms with Crippen molar-refractivity contribution in [3.63, 3.8) is 0 Å². The summed E-state index contributed by atoms with van der Waals surface area (Å²) in [5.41, 5.74) is -0.633. The first-order chi connectivity index (χ1) is 7.74. The van der Waals surface area contributed by atoms with Crippen LogP contribution in [0.15, 0.2) is 0 Å². The van der Waals surface area contributed by atoms with Gasteiger partial charge in [0.25, 0.3) is 0 Å². The van der Waals surface area contributed by atoms with Crippen molar-refractivity contribution < 1.29 is 23.5 Å². The largest absolute Gasteiger partial charge is 0.469 e. The lowest BCUT2D eigenvalue weighted by molar-refractivity contribution is -0.146. The third kappa shape index (κ3) is 3.57. The van der Waals surface area contributed by atoms with Crippen molar-refractivity contribution in [3.8, 4) is 0 Å². The number of alkyl halides is 1. The predicted molar refractivity (Wildman–Crippen MR) is 58.2 cm³/mol. The second kappa shape index (κ2) is 4.89. The van der Waals surface area contributed by atoms with Crippen LogP contribution in [0, 0.1) is 5.92 Å². The molecule has 0 spiro atoms. The number of halogens is 1. The zero-order valence-corrected chi connectivity index (χ0v) is 10.5. The maximum Gasteiger partial charge on any atom is 0.410 e. The SMILES string of the molecule is COC(=O)C1CN(C(=O)OC(C)(C)C)CC1F. The molecular formula is C11H18FNO4. The van der Waals surface area contributed by atoms with Gasteiger partial charge in [0.1, 0.15) is 17.7 Å². The van der Waals surface area contributed by atoms with E-state index in [1.165, 1.54) is 12.0 Å². The number of nitrogens with zero attached hydrogens (tertiary/aromatic N) is 1. The molecule has 2 atom stereocenters. The molecular weight excluding hydrogens is 229 g/mol. The molecule has 0 aromatic heterocycles. The van der Waals surface area contributed by atoms with Gasteiger partial charge in [0.05, 0.1) is 13.7 Å². The van der Waals surface area contributed by atoms with Crippen LogP contribution in [0.25, 0.3) is 0 Å². The molecule has 1 rings (SSSR count). The lowest BCUT2D eigenvalue weighted by Crippen LogP contribution is -2.36. The van der Waals surface area contributed by atoms with Gasteiger partial charge < -0.3 is 14.4 Å². The van der Waals surface area contributed by atoms with Crippen molar-refractivity contribution in [2.24, 2.45) is 5.92 Å². The molecule has 0 N–H and O–H groups in total. The standard InChI is InChI=1S/C11H18FNO4/c1-11(2,3)17-10(15)13-5-7(8(12)6-13)9(14)16-4/h7-8H,5-6H2,1-4H3. The third-order valence-corrected chi connectivity index (χ3v) is 2.40. The molecule has 0 radical (unpaired) electrons. The van der Waals surface area contributed by atoms with Crippen molar-refractivity contribution >= 4 is 12.1 Å². The Hall–Kier alpha value is -1.33. The smallest absolute Gasteiger partial charge is 0.410 e. The third-order valence-electron chi connectivity index (χ3n) is 2.40. The van der Waals surface area contributed by atoms with E-state index >= 15 is 0 Å². The summed E-state index contributed by atoms with van der Waals surface area (Å²) in [6, 6.07) is 0. The highest BCUT2D eigenvalue weighted by atomic mass is 19.1. The van der Waals surface area contributed by atoms with Gasteiger partial charge in [-0.25, -0.2) is 9.18 Å². The van der Waals surface area contributed by atoms with Crippen molar-refractivity contribution in [2.45, 2.75) is 32.5 Å². The van der Waals surface area contributed by atoms with E-state index in [-0.39, 0.29) is 13.1 Å². The van der Waals surface area contributed by atoms with Crippen LogP contribution < -0.4 is 0 Å². The van der Waals surface area contributed by atoms with Gasteiger partial charge in [-0.1, -0.05) is 0 Å². The zero-order chi connectivity index (χ0) is 13.2. The van der Waals surface area contributed by atoms with Crippen LogP contribution in [0.5, 0.6) is 0 Å². The number of esters is 1. The Kier molecular flexibility index (Phi) is 3.95. The highest BCUT2D eigenvalue weighted by Crippen LogP contribution is 2.23. The number of rotatable bonds is 1. The topological polar surface area (TPSA) is 55.8 Å². The molecule has 1 aliphatic heterocycles. The van der Waals surface area contributed by atoms with E-state index in [1.54, 1.807) is 20.8 Å². The first-order valence-corrected chi connectivity index (χ1v) is 5.44. The lowest BCUT2D eigenvalue weighted by atomic mass is 10.1. The van der Waals surface area contributed by atoms with Crippen molar-refractivity contribution in [2.75, 3.05) is 20.2 Å². The Labute approximate surface area is 99.9 Å². The monoisotopic (exact) mass is 247 g/mol. The maximum absolute atomic E-state index is 13.5. The summed E-state index contributed by atoms with van der Waals surface area (Å²) in [4.78, 5) is 24.1. The molecule has 2 unspecified atom stereocenters. The summed E-state index contributed by atoms with van der Waals surface area (Å²) in [5.74, 6) is -1.55. The number of ether oxygens (including phenoxy) is 2. The minimum atomic E-state index is -1.39. The van der Waals surface area contributed by atoms with Gasteiger partial charge in [0, 0.05) is 6.54 Å². The maximum atomic E-state index is 13.5. The summed E-state index contributed by atoms with van der Waals surface area (Å²) in [5, 5.41) is 0. The van der Waals surface area contributed by atoms with Gasteiger partial charge in [-0.05, 0) is 20.8 Å². The molecule has 0 aromatic carbocycles. The summed E-state index contributed by atoms with van der Waals surface area (Å²) in [6.07, 6.45) is -2.00. The van der Waals surface area contributed by atoms with Crippen LogP contribution in [0.2, 0.25) is 0 Å². The molecule has 1 aliphatic rings.